The lowest BCUT2D eigenvalue weighted by Gasteiger charge is -2.33. The summed E-state index contributed by atoms with van der Waals surface area (Å²) in [6, 6.07) is 15.8. The van der Waals surface area contributed by atoms with Crippen molar-refractivity contribution in [3.63, 3.8) is 0 Å². The van der Waals surface area contributed by atoms with Gasteiger partial charge in [-0.05, 0) is 61.9 Å². The van der Waals surface area contributed by atoms with Crippen molar-refractivity contribution in [3.05, 3.63) is 59.7 Å². The summed E-state index contributed by atoms with van der Waals surface area (Å²) >= 11 is 0. The van der Waals surface area contributed by atoms with Gasteiger partial charge in [0.15, 0.2) is 0 Å². The van der Waals surface area contributed by atoms with Crippen molar-refractivity contribution in [3.8, 4) is 0 Å². The topological polar surface area (TPSA) is 73.9 Å². The van der Waals surface area contributed by atoms with Crippen molar-refractivity contribution in [1.29, 1.82) is 0 Å². The molecule has 2 heterocycles. The molecule has 2 fully saturated rings. The molecule has 7 heteroatoms. The van der Waals surface area contributed by atoms with E-state index >= 15 is 0 Å². The second kappa shape index (κ2) is 13.4. The van der Waals surface area contributed by atoms with Crippen LogP contribution in [0.5, 0.6) is 0 Å². The van der Waals surface area contributed by atoms with Crippen LogP contribution in [0.1, 0.15) is 48.5 Å². The largest absolute Gasteiger partial charge is 0.379 e. The second-order valence-corrected chi connectivity index (χ2v) is 10.00. The molecule has 2 aromatic carbocycles. The number of nitrogens with zero attached hydrogens (tertiary/aromatic N) is 2. The van der Waals surface area contributed by atoms with Crippen LogP contribution in [0.15, 0.2) is 48.5 Å². The van der Waals surface area contributed by atoms with E-state index in [1.807, 2.05) is 48.5 Å². The van der Waals surface area contributed by atoms with Gasteiger partial charge in [0, 0.05) is 50.5 Å². The Hall–Kier alpha value is -2.90. The van der Waals surface area contributed by atoms with Crippen LogP contribution >= 0.6 is 0 Å². The van der Waals surface area contributed by atoms with E-state index in [2.05, 4.69) is 27.4 Å². The molecule has 0 spiro atoms. The number of amides is 2. The highest BCUT2D eigenvalue weighted by atomic mass is 16.5. The van der Waals surface area contributed by atoms with Gasteiger partial charge < -0.3 is 20.3 Å². The number of anilines is 2. The van der Waals surface area contributed by atoms with E-state index in [4.69, 9.17) is 4.74 Å². The van der Waals surface area contributed by atoms with Gasteiger partial charge in [0.2, 0.25) is 5.91 Å². The Bertz CT molecular complexity index is 983. The minimum Gasteiger partial charge on any atom is -0.379 e. The monoisotopic (exact) mass is 492 g/mol. The predicted octanol–water partition coefficient (Wildman–Crippen LogP) is 3.95. The van der Waals surface area contributed by atoms with Gasteiger partial charge in [-0.2, -0.15) is 0 Å². The molecular weight excluding hydrogens is 452 g/mol. The Morgan fingerprint density at radius 3 is 2.50 bits per heavy atom. The van der Waals surface area contributed by atoms with Gasteiger partial charge in [0.25, 0.3) is 5.91 Å². The average Bonchev–Trinajstić information content (AvgIpc) is 2.91. The minimum absolute atomic E-state index is 0.0460. The molecule has 2 aliphatic rings. The summed E-state index contributed by atoms with van der Waals surface area (Å²) in [5.41, 5.74) is 3.40. The van der Waals surface area contributed by atoms with Crippen LogP contribution in [-0.2, 0) is 16.0 Å². The average molecular weight is 493 g/mol. The number of piperidine rings is 1. The lowest BCUT2D eigenvalue weighted by atomic mass is 9.97. The number of rotatable bonds is 10. The van der Waals surface area contributed by atoms with Crippen LogP contribution in [0.2, 0.25) is 0 Å². The Balaban J connectivity index is 1.38. The molecule has 2 N–H and O–H groups in total. The Morgan fingerprint density at radius 2 is 1.75 bits per heavy atom. The summed E-state index contributed by atoms with van der Waals surface area (Å²) in [6.07, 6.45) is 4.24. The van der Waals surface area contributed by atoms with Crippen LogP contribution in [0, 0.1) is 5.92 Å². The zero-order chi connectivity index (χ0) is 25.2. The Morgan fingerprint density at radius 1 is 1.00 bits per heavy atom. The summed E-state index contributed by atoms with van der Waals surface area (Å²) in [5, 5.41) is 6.12. The lowest BCUT2D eigenvalue weighted by Crippen LogP contribution is -2.38. The number of hydrogen-bond donors (Lipinski definition) is 2. The van der Waals surface area contributed by atoms with E-state index in [9.17, 15) is 9.59 Å². The second-order valence-electron chi connectivity index (χ2n) is 10.00. The third-order valence-electron chi connectivity index (χ3n) is 7.17. The molecule has 2 aromatic rings. The van der Waals surface area contributed by atoms with Crippen molar-refractivity contribution in [2.24, 2.45) is 5.92 Å². The predicted molar refractivity (Wildman–Crippen MR) is 145 cm³/mol. The molecule has 0 saturated carbocycles. The van der Waals surface area contributed by atoms with Gasteiger partial charge in [-0.1, -0.05) is 37.3 Å². The van der Waals surface area contributed by atoms with E-state index in [0.717, 1.165) is 76.5 Å². The lowest BCUT2D eigenvalue weighted by molar-refractivity contribution is -0.116. The smallest absolute Gasteiger partial charge is 0.253 e. The van der Waals surface area contributed by atoms with Crippen LogP contribution in [0.25, 0.3) is 0 Å². The van der Waals surface area contributed by atoms with Crippen molar-refractivity contribution < 1.29 is 14.3 Å². The van der Waals surface area contributed by atoms with Gasteiger partial charge in [0.05, 0.1) is 18.8 Å². The molecule has 0 radical (unpaired) electrons. The van der Waals surface area contributed by atoms with Gasteiger partial charge in [-0.25, -0.2) is 0 Å². The van der Waals surface area contributed by atoms with Crippen molar-refractivity contribution in [2.45, 2.75) is 39.0 Å². The summed E-state index contributed by atoms with van der Waals surface area (Å²) in [5.74, 6) is 0.586. The molecule has 2 aliphatic heterocycles. The summed E-state index contributed by atoms with van der Waals surface area (Å²) in [4.78, 5) is 30.6. The number of carbonyl (C=O) groups is 2. The molecule has 36 heavy (non-hydrogen) atoms. The zero-order valence-corrected chi connectivity index (χ0v) is 21.5. The highest BCUT2D eigenvalue weighted by Gasteiger charge is 2.22. The fourth-order valence-corrected chi connectivity index (χ4v) is 4.87. The number of hydrogen-bond acceptors (Lipinski definition) is 5. The Labute approximate surface area is 215 Å². The van der Waals surface area contributed by atoms with Gasteiger partial charge in [-0.3, -0.25) is 14.5 Å². The van der Waals surface area contributed by atoms with E-state index in [-0.39, 0.29) is 11.8 Å². The first-order valence-corrected chi connectivity index (χ1v) is 13.4. The Kier molecular flexibility index (Phi) is 9.76. The van der Waals surface area contributed by atoms with E-state index in [1.165, 1.54) is 0 Å². The SMILES string of the molecule is CC1CCN(c2ccc(NC(=O)CCc3ccccc3)cc2C(=O)NCCCN2CCOCC2)CC1. The van der Waals surface area contributed by atoms with Gasteiger partial charge in [-0.15, -0.1) is 0 Å². The molecular formula is C29H40N4O3. The molecule has 0 aliphatic carbocycles. The van der Waals surface area contributed by atoms with Crippen LogP contribution < -0.4 is 15.5 Å². The third-order valence-corrected chi connectivity index (χ3v) is 7.17. The molecule has 0 bridgehead atoms. The van der Waals surface area contributed by atoms with E-state index < -0.39 is 0 Å². The summed E-state index contributed by atoms with van der Waals surface area (Å²) in [6.45, 7) is 9.24. The number of aryl methyl sites for hydroxylation is 1. The first kappa shape index (κ1) is 26.2. The molecule has 2 amide bonds. The quantitative estimate of drug-likeness (QED) is 0.492. The van der Waals surface area contributed by atoms with E-state index in [1.54, 1.807) is 0 Å². The molecule has 2 saturated heterocycles. The molecule has 0 unspecified atom stereocenters. The maximum atomic E-state index is 13.3. The maximum absolute atomic E-state index is 13.3. The van der Waals surface area contributed by atoms with Crippen LogP contribution in [0.4, 0.5) is 11.4 Å². The van der Waals surface area contributed by atoms with Crippen LogP contribution in [-0.4, -0.2) is 69.2 Å². The minimum atomic E-state index is -0.0778. The van der Waals surface area contributed by atoms with E-state index in [0.29, 0.717) is 36.6 Å². The number of nitrogens with one attached hydrogen (secondary N) is 2. The molecule has 0 aromatic heterocycles. The number of benzene rings is 2. The van der Waals surface area contributed by atoms with Crippen molar-refractivity contribution in [1.82, 2.24) is 10.2 Å². The van der Waals surface area contributed by atoms with Gasteiger partial charge >= 0.3 is 0 Å². The standard InChI is InChI=1S/C29H40N4O3/c1-23-12-16-33(17-13-23)27-10-9-25(31-28(34)11-8-24-6-3-2-4-7-24)22-26(27)29(35)30-14-5-15-32-18-20-36-21-19-32/h2-4,6-7,9-10,22-23H,5,8,11-21H2,1H3,(H,30,35)(H,31,34). The van der Waals surface area contributed by atoms with Crippen molar-refractivity contribution >= 4 is 23.2 Å². The van der Waals surface area contributed by atoms with Crippen molar-refractivity contribution in [2.75, 3.05) is 62.7 Å². The highest BCUT2D eigenvalue weighted by Crippen LogP contribution is 2.29. The number of ether oxygens (including phenoxy) is 1. The molecule has 7 nitrogen and oxygen atoms in total. The van der Waals surface area contributed by atoms with Gasteiger partial charge in [0.1, 0.15) is 0 Å². The van der Waals surface area contributed by atoms with Crippen LogP contribution in [0.3, 0.4) is 0 Å². The zero-order valence-electron chi connectivity index (χ0n) is 21.5. The number of carbonyl (C=O) groups excluding carboxylic acids is 2. The third kappa shape index (κ3) is 7.80. The summed E-state index contributed by atoms with van der Waals surface area (Å²) in [7, 11) is 0. The first-order valence-electron chi connectivity index (χ1n) is 13.4. The normalized spacial score (nSPS) is 17.1. The highest BCUT2D eigenvalue weighted by molar-refractivity contribution is 6.02. The number of morpholine rings is 1. The summed E-state index contributed by atoms with van der Waals surface area (Å²) < 4.78 is 5.41. The first-order chi connectivity index (χ1) is 17.6. The molecule has 0 atom stereocenters. The molecule has 194 valence electrons. The molecule has 4 rings (SSSR count). The fourth-order valence-electron chi connectivity index (χ4n) is 4.87. The fraction of sp³-hybridized carbons (Fsp3) is 0.517. The maximum Gasteiger partial charge on any atom is 0.253 e.